The van der Waals surface area contributed by atoms with Crippen molar-refractivity contribution >= 4 is 5.91 Å². The monoisotopic (exact) mass is 355 g/mol. The first-order valence-electron chi connectivity index (χ1n) is 9.09. The predicted molar refractivity (Wildman–Crippen MR) is 94.0 cm³/mol. The van der Waals surface area contributed by atoms with Crippen LogP contribution in [0, 0.1) is 5.82 Å². The molecule has 1 atom stereocenters. The summed E-state index contributed by atoms with van der Waals surface area (Å²) >= 11 is 0. The van der Waals surface area contributed by atoms with Crippen molar-refractivity contribution in [1.82, 2.24) is 14.9 Å². The van der Waals surface area contributed by atoms with Crippen molar-refractivity contribution in [1.29, 1.82) is 0 Å². The molecule has 0 unspecified atom stereocenters. The Morgan fingerprint density at radius 3 is 2.88 bits per heavy atom. The van der Waals surface area contributed by atoms with Crippen LogP contribution in [0.15, 0.2) is 42.9 Å². The summed E-state index contributed by atoms with van der Waals surface area (Å²) in [4.78, 5) is 23.6. The first-order valence-corrected chi connectivity index (χ1v) is 9.09. The summed E-state index contributed by atoms with van der Waals surface area (Å²) in [5.74, 6) is -0.252. The van der Waals surface area contributed by atoms with Gasteiger partial charge in [0.05, 0.1) is 30.4 Å². The van der Waals surface area contributed by atoms with Gasteiger partial charge in [-0.15, -0.1) is 0 Å². The van der Waals surface area contributed by atoms with E-state index in [-0.39, 0.29) is 17.8 Å². The largest absolute Gasteiger partial charge is 0.377 e. The number of amides is 1. The maximum Gasteiger partial charge on any atom is 0.233 e. The summed E-state index contributed by atoms with van der Waals surface area (Å²) < 4.78 is 19.9. The standard InChI is InChI=1S/C20H22FN3O2/c21-18-4-2-1-3-17(18)20(7-8-20)19(25)24-11-12-26-14-16(24)6-5-15-13-22-9-10-23-15/h1-4,9-10,13,16H,5-8,11-12,14H2/t16-/m1/s1. The van der Waals surface area contributed by atoms with Crippen LogP contribution in [0.1, 0.15) is 30.5 Å². The highest BCUT2D eigenvalue weighted by Gasteiger charge is 2.55. The van der Waals surface area contributed by atoms with Gasteiger partial charge in [0.1, 0.15) is 5.82 Å². The third-order valence-corrected chi connectivity index (χ3v) is 5.39. The van der Waals surface area contributed by atoms with E-state index in [1.165, 1.54) is 6.07 Å². The number of hydrogen-bond donors (Lipinski definition) is 0. The van der Waals surface area contributed by atoms with Gasteiger partial charge in [0, 0.05) is 30.7 Å². The molecule has 1 saturated heterocycles. The van der Waals surface area contributed by atoms with Crippen LogP contribution in [-0.2, 0) is 21.4 Å². The SMILES string of the molecule is O=C(N1CCOC[C@H]1CCc1cnccn1)C1(c2ccccc2F)CC1. The molecule has 1 aliphatic carbocycles. The topological polar surface area (TPSA) is 55.3 Å². The Bertz CT molecular complexity index is 780. The fraction of sp³-hybridized carbons (Fsp3) is 0.450. The average molecular weight is 355 g/mol. The number of ether oxygens (including phenoxy) is 1. The molecule has 1 saturated carbocycles. The molecule has 1 aliphatic heterocycles. The number of hydrogen-bond acceptors (Lipinski definition) is 4. The van der Waals surface area contributed by atoms with Crippen LogP contribution in [0.3, 0.4) is 0 Å². The van der Waals surface area contributed by atoms with Crippen molar-refractivity contribution in [2.45, 2.75) is 37.1 Å². The minimum Gasteiger partial charge on any atom is -0.377 e. The van der Waals surface area contributed by atoms with E-state index in [1.54, 1.807) is 36.8 Å². The van der Waals surface area contributed by atoms with E-state index in [0.717, 1.165) is 18.5 Å². The minimum absolute atomic E-state index is 0.0116. The Hall–Kier alpha value is -2.34. The van der Waals surface area contributed by atoms with E-state index in [4.69, 9.17) is 4.74 Å². The van der Waals surface area contributed by atoms with Crippen LogP contribution in [0.2, 0.25) is 0 Å². The van der Waals surface area contributed by atoms with Crippen molar-refractivity contribution in [3.8, 4) is 0 Å². The Morgan fingerprint density at radius 2 is 2.15 bits per heavy atom. The molecule has 5 nitrogen and oxygen atoms in total. The normalized spacial score (nSPS) is 21.4. The summed E-state index contributed by atoms with van der Waals surface area (Å²) in [5.41, 5.74) is 0.748. The van der Waals surface area contributed by atoms with Crippen LogP contribution in [-0.4, -0.2) is 46.6 Å². The number of aromatic nitrogens is 2. The number of nitrogens with zero attached hydrogens (tertiary/aromatic N) is 3. The first kappa shape index (κ1) is 17.1. The molecular formula is C20H22FN3O2. The maximum atomic E-state index is 14.3. The van der Waals surface area contributed by atoms with Crippen molar-refractivity contribution < 1.29 is 13.9 Å². The van der Waals surface area contributed by atoms with E-state index >= 15 is 0 Å². The van der Waals surface area contributed by atoms with Gasteiger partial charge in [0.2, 0.25) is 5.91 Å². The zero-order chi connectivity index (χ0) is 18.0. The molecule has 0 bridgehead atoms. The third kappa shape index (κ3) is 3.21. The predicted octanol–water partition coefficient (Wildman–Crippen LogP) is 2.51. The number of halogens is 1. The number of rotatable bonds is 5. The van der Waals surface area contributed by atoms with E-state index in [9.17, 15) is 9.18 Å². The third-order valence-electron chi connectivity index (χ3n) is 5.39. The molecule has 2 fully saturated rings. The lowest BCUT2D eigenvalue weighted by Crippen LogP contribution is -2.52. The lowest BCUT2D eigenvalue weighted by molar-refractivity contribution is -0.143. The van der Waals surface area contributed by atoms with Crippen molar-refractivity contribution in [3.05, 3.63) is 59.9 Å². The van der Waals surface area contributed by atoms with Crippen LogP contribution >= 0.6 is 0 Å². The zero-order valence-corrected chi connectivity index (χ0v) is 14.6. The van der Waals surface area contributed by atoms with Gasteiger partial charge in [-0.2, -0.15) is 0 Å². The molecule has 0 N–H and O–H groups in total. The molecule has 1 aromatic carbocycles. The average Bonchev–Trinajstić information content (AvgIpc) is 3.49. The van der Waals surface area contributed by atoms with E-state index in [0.29, 0.717) is 38.2 Å². The number of aryl methyl sites for hydroxylation is 1. The first-order chi connectivity index (χ1) is 12.7. The molecule has 26 heavy (non-hydrogen) atoms. The lowest BCUT2D eigenvalue weighted by atomic mass is 9.92. The molecule has 2 aromatic rings. The van der Waals surface area contributed by atoms with E-state index < -0.39 is 5.41 Å². The zero-order valence-electron chi connectivity index (χ0n) is 14.6. The highest BCUT2D eigenvalue weighted by atomic mass is 19.1. The van der Waals surface area contributed by atoms with Gasteiger partial charge in [-0.25, -0.2) is 4.39 Å². The summed E-state index contributed by atoms with van der Waals surface area (Å²) in [6.45, 7) is 1.60. The highest BCUT2D eigenvalue weighted by molar-refractivity contribution is 5.91. The molecule has 0 radical (unpaired) electrons. The van der Waals surface area contributed by atoms with E-state index in [2.05, 4.69) is 9.97 Å². The molecular weight excluding hydrogens is 333 g/mol. The van der Waals surface area contributed by atoms with Gasteiger partial charge in [-0.3, -0.25) is 14.8 Å². The minimum atomic E-state index is -0.687. The summed E-state index contributed by atoms with van der Waals surface area (Å²) in [6.07, 6.45) is 7.98. The van der Waals surface area contributed by atoms with Gasteiger partial charge in [0.15, 0.2) is 0 Å². The smallest absolute Gasteiger partial charge is 0.233 e. The lowest BCUT2D eigenvalue weighted by Gasteiger charge is -2.38. The van der Waals surface area contributed by atoms with Crippen LogP contribution < -0.4 is 0 Å². The summed E-state index contributed by atoms with van der Waals surface area (Å²) in [7, 11) is 0. The molecule has 6 heteroatoms. The van der Waals surface area contributed by atoms with Crippen LogP contribution in [0.25, 0.3) is 0 Å². The van der Waals surface area contributed by atoms with Gasteiger partial charge in [0.25, 0.3) is 0 Å². The fourth-order valence-electron chi connectivity index (χ4n) is 3.78. The van der Waals surface area contributed by atoms with Gasteiger partial charge in [-0.1, -0.05) is 18.2 Å². The Labute approximate surface area is 152 Å². The number of carbonyl (C=O) groups is 1. The van der Waals surface area contributed by atoms with Crippen molar-refractivity contribution in [2.75, 3.05) is 19.8 Å². The molecule has 136 valence electrons. The fourth-order valence-corrected chi connectivity index (χ4v) is 3.78. The maximum absolute atomic E-state index is 14.3. The van der Waals surface area contributed by atoms with Crippen LogP contribution in [0.5, 0.6) is 0 Å². The molecule has 1 amide bonds. The molecule has 1 aromatic heterocycles. The van der Waals surface area contributed by atoms with Gasteiger partial charge >= 0.3 is 0 Å². The molecule has 2 heterocycles. The Morgan fingerprint density at radius 1 is 1.31 bits per heavy atom. The molecule has 2 aliphatic rings. The quantitative estimate of drug-likeness (QED) is 0.827. The van der Waals surface area contributed by atoms with Crippen LogP contribution in [0.4, 0.5) is 4.39 Å². The van der Waals surface area contributed by atoms with Crippen molar-refractivity contribution in [2.24, 2.45) is 0 Å². The Kier molecular flexibility index (Phi) is 4.68. The van der Waals surface area contributed by atoms with Gasteiger partial charge in [-0.05, 0) is 31.7 Å². The number of benzene rings is 1. The molecule has 4 rings (SSSR count). The van der Waals surface area contributed by atoms with E-state index in [1.807, 2.05) is 4.90 Å². The molecule has 0 spiro atoms. The van der Waals surface area contributed by atoms with Gasteiger partial charge < -0.3 is 9.64 Å². The number of morpholine rings is 1. The van der Waals surface area contributed by atoms with Crippen molar-refractivity contribution in [3.63, 3.8) is 0 Å². The second-order valence-corrected chi connectivity index (χ2v) is 7.02. The second-order valence-electron chi connectivity index (χ2n) is 7.02. The Balaban J connectivity index is 1.51. The number of carbonyl (C=O) groups excluding carboxylic acids is 1. The highest BCUT2D eigenvalue weighted by Crippen LogP contribution is 2.50. The summed E-state index contributed by atoms with van der Waals surface area (Å²) in [5, 5.41) is 0. The second kappa shape index (κ2) is 7.11. The summed E-state index contributed by atoms with van der Waals surface area (Å²) in [6, 6.07) is 6.64.